The second-order valence-electron chi connectivity index (χ2n) is 4.83. The zero-order valence-corrected chi connectivity index (χ0v) is 9.84. The van der Waals surface area contributed by atoms with Gasteiger partial charge in [-0.05, 0) is 25.7 Å². The summed E-state index contributed by atoms with van der Waals surface area (Å²) in [5.74, 6) is -0.202. The Morgan fingerprint density at radius 1 is 1.44 bits per heavy atom. The molecule has 1 aliphatic carbocycles. The van der Waals surface area contributed by atoms with E-state index in [1.54, 1.807) is 4.68 Å². The molecule has 0 radical (unpaired) electrons. The lowest BCUT2D eigenvalue weighted by Crippen LogP contribution is -2.16. The van der Waals surface area contributed by atoms with E-state index in [0.717, 1.165) is 18.5 Å². The number of carboxylic acid groups (broad SMARTS) is 1. The highest BCUT2D eigenvalue weighted by Crippen LogP contribution is 2.42. The Morgan fingerprint density at radius 3 is 2.50 bits per heavy atom. The molecule has 16 heavy (non-hydrogen) atoms. The van der Waals surface area contributed by atoms with Crippen LogP contribution in [-0.4, -0.2) is 26.1 Å². The van der Waals surface area contributed by atoms with Crippen molar-refractivity contribution in [3.8, 4) is 0 Å². The van der Waals surface area contributed by atoms with Gasteiger partial charge in [-0.3, -0.25) is 0 Å². The molecule has 0 bridgehead atoms. The molecule has 1 aliphatic rings. The third-order valence-electron chi connectivity index (χ3n) is 3.25. The monoisotopic (exact) mass is 223 g/mol. The number of aromatic carboxylic acids is 1. The molecule has 0 saturated heterocycles. The molecule has 5 nitrogen and oxygen atoms in total. The number of nitrogens with zero attached hydrogens (tertiary/aromatic N) is 3. The lowest BCUT2D eigenvalue weighted by molar-refractivity contribution is 0.0689. The fourth-order valence-corrected chi connectivity index (χ4v) is 1.77. The minimum Gasteiger partial charge on any atom is -0.476 e. The Balaban J connectivity index is 2.41. The van der Waals surface area contributed by atoms with E-state index in [1.807, 2.05) is 0 Å². The standard InChI is InChI=1S/C11H17N3O2/c1-6(2)7(3)14-10(8-4-5-8)9(11(15)16)12-13-14/h6-8H,4-5H2,1-3H3,(H,15,16). The van der Waals surface area contributed by atoms with Crippen molar-refractivity contribution in [1.82, 2.24) is 15.0 Å². The van der Waals surface area contributed by atoms with Gasteiger partial charge in [0.1, 0.15) is 0 Å². The first-order chi connectivity index (χ1) is 7.52. The molecule has 0 aliphatic heterocycles. The quantitative estimate of drug-likeness (QED) is 0.848. The van der Waals surface area contributed by atoms with Crippen LogP contribution < -0.4 is 0 Å². The molecule has 1 saturated carbocycles. The average molecular weight is 223 g/mol. The predicted molar refractivity (Wildman–Crippen MR) is 58.5 cm³/mol. The molecule has 1 fully saturated rings. The van der Waals surface area contributed by atoms with Gasteiger partial charge in [0, 0.05) is 5.92 Å². The van der Waals surface area contributed by atoms with Gasteiger partial charge in [0.05, 0.1) is 11.7 Å². The topological polar surface area (TPSA) is 68.0 Å². The van der Waals surface area contributed by atoms with Crippen LogP contribution in [0.4, 0.5) is 0 Å². The maximum atomic E-state index is 11.0. The SMILES string of the molecule is CC(C)C(C)n1nnc(C(=O)O)c1C1CC1. The van der Waals surface area contributed by atoms with Crippen LogP contribution in [0, 0.1) is 5.92 Å². The molecule has 1 atom stereocenters. The molecule has 5 heteroatoms. The Morgan fingerprint density at radius 2 is 2.06 bits per heavy atom. The van der Waals surface area contributed by atoms with Crippen LogP contribution in [0.15, 0.2) is 0 Å². The van der Waals surface area contributed by atoms with Gasteiger partial charge in [-0.15, -0.1) is 5.10 Å². The van der Waals surface area contributed by atoms with Crippen LogP contribution >= 0.6 is 0 Å². The van der Waals surface area contributed by atoms with Gasteiger partial charge in [0.25, 0.3) is 0 Å². The van der Waals surface area contributed by atoms with Crippen molar-refractivity contribution in [2.75, 3.05) is 0 Å². The van der Waals surface area contributed by atoms with Crippen molar-refractivity contribution >= 4 is 5.97 Å². The van der Waals surface area contributed by atoms with Gasteiger partial charge in [0.2, 0.25) is 0 Å². The van der Waals surface area contributed by atoms with Gasteiger partial charge in [-0.1, -0.05) is 19.1 Å². The summed E-state index contributed by atoms with van der Waals surface area (Å²) in [7, 11) is 0. The van der Waals surface area contributed by atoms with Gasteiger partial charge < -0.3 is 5.11 Å². The Hall–Kier alpha value is -1.39. The molecule has 1 aromatic rings. The zero-order valence-electron chi connectivity index (χ0n) is 9.84. The van der Waals surface area contributed by atoms with Crippen LogP contribution in [0.2, 0.25) is 0 Å². The summed E-state index contributed by atoms with van der Waals surface area (Å²) >= 11 is 0. The first-order valence-corrected chi connectivity index (χ1v) is 5.70. The summed E-state index contributed by atoms with van der Waals surface area (Å²) in [6.45, 7) is 6.25. The van der Waals surface area contributed by atoms with Crippen molar-refractivity contribution in [3.05, 3.63) is 11.4 Å². The van der Waals surface area contributed by atoms with E-state index in [4.69, 9.17) is 5.11 Å². The maximum Gasteiger partial charge on any atom is 0.358 e. The van der Waals surface area contributed by atoms with Crippen molar-refractivity contribution < 1.29 is 9.90 Å². The summed E-state index contributed by atoms with van der Waals surface area (Å²) in [5.41, 5.74) is 0.948. The van der Waals surface area contributed by atoms with E-state index in [2.05, 4.69) is 31.1 Å². The number of rotatable bonds is 4. The highest BCUT2D eigenvalue weighted by atomic mass is 16.4. The molecule has 1 heterocycles. The summed E-state index contributed by atoms with van der Waals surface area (Å²) in [6, 6.07) is 0.191. The van der Waals surface area contributed by atoms with Crippen LogP contribution in [-0.2, 0) is 0 Å². The molecule has 1 aromatic heterocycles. The summed E-state index contributed by atoms with van der Waals surface area (Å²) in [4.78, 5) is 11.0. The summed E-state index contributed by atoms with van der Waals surface area (Å²) < 4.78 is 1.80. The molecular weight excluding hydrogens is 206 g/mol. The highest BCUT2D eigenvalue weighted by Gasteiger charge is 2.35. The van der Waals surface area contributed by atoms with Crippen LogP contribution in [0.3, 0.4) is 0 Å². The number of aromatic nitrogens is 3. The van der Waals surface area contributed by atoms with Crippen molar-refractivity contribution in [1.29, 1.82) is 0 Å². The summed E-state index contributed by atoms with van der Waals surface area (Å²) in [5, 5.41) is 16.9. The molecule has 2 rings (SSSR count). The first kappa shape index (κ1) is 11.1. The van der Waals surface area contributed by atoms with E-state index in [1.165, 1.54) is 0 Å². The molecular formula is C11H17N3O2. The smallest absolute Gasteiger partial charge is 0.358 e. The molecule has 0 spiro atoms. The van der Waals surface area contributed by atoms with Gasteiger partial charge in [-0.2, -0.15) is 0 Å². The molecule has 0 aromatic carbocycles. The van der Waals surface area contributed by atoms with Crippen molar-refractivity contribution in [2.45, 2.75) is 45.6 Å². The molecule has 1 unspecified atom stereocenters. The molecule has 1 N–H and O–H groups in total. The Bertz CT molecular complexity index is 407. The van der Waals surface area contributed by atoms with E-state index < -0.39 is 5.97 Å². The number of hydrogen-bond donors (Lipinski definition) is 1. The third-order valence-corrected chi connectivity index (χ3v) is 3.25. The molecule has 0 amide bonds. The van der Waals surface area contributed by atoms with E-state index in [-0.39, 0.29) is 11.7 Å². The second kappa shape index (κ2) is 3.88. The van der Waals surface area contributed by atoms with Crippen LogP contribution in [0.25, 0.3) is 0 Å². The largest absolute Gasteiger partial charge is 0.476 e. The molecule has 88 valence electrons. The fraction of sp³-hybridized carbons (Fsp3) is 0.727. The van der Waals surface area contributed by atoms with Crippen molar-refractivity contribution in [3.63, 3.8) is 0 Å². The van der Waals surface area contributed by atoms with Gasteiger partial charge in [-0.25, -0.2) is 9.48 Å². The van der Waals surface area contributed by atoms with E-state index >= 15 is 0 Å². The number of carbonyl (C=O) groups is 1. The van der Waals surface area contributed by atoms with Crippen LogP contribution in [0.1, 0.15) is 61.8 Å². The lowest BCUT2D eigenvalue weighted by atomic mass is 10.1. The zero-order chi connectivity index (χ0) is 11.9. The number of hydrogen-bond acceptors (Lipinski definition) is 3. The predicted octanol–water partition coefficient (Wildman–Crippen LogP) is 2.07. The van der Waals surface area contributed by atoms with E-state index in [9.17, 15) is 4.79 Å². The summed E-state index contributed by atoms with van der Waals surface area (Å²) in [6.07, 6.45) is 2.11. The lowest BCUT2D eigenvalue weighted by Gasteiger charge is -2.18. The highest BCUT2D eigenvalue weighted by molar-refractivity contribution is 5.86. The normalized spacial score (nSPS) is 17.8. The third kappa shape index (κ3) is 1.81. The van der Waals surface area contributed by atoms with Crippen LogP contribution in [0.5, 0.6) is 0 Å². The first-order valence-electron chi connectivity index (χ1n) is 5.70. The minimum atomic E-state index is -0.968. The minimum absolute atomic E-state index is 0.134. The van der Waals surface area contributed by atoms with Crippen molar-refractivity contribution in [2.24, 2.45) is 5.92 Å². The van der Waals surface area contributed by atoms with Gasteiger partial charge >= 0.3 is 5.97 Å². The number of carboxylic acids is 1. The Kier molecular flexibility index (Phi) is 2.69. The Labute approximate surface area is 94.5 Å². The van der Waals surface area contributed by atoms with E-state index in [0.29, 0.717) is 11.8 Å². The van der Waals surface area contributed by atoms with Gasteiger partial charge in [0.15, 0.2) is 5.69 Å². The second-order valence-corrected chi connectivity index (χ2v) is 4.83. The fourth-order valence-electron chi connectivity index (χ4n) is 1.77. The average Bonchev–Trinajstić information content (AvgIpc) is 2.95. The maximum absolute atomic E-state index is 11.0.